The summed E-state index contributed by atoms with van der Waals surface area (Å²) in [6, 6.07) is 3.58. The van der Waals surface area contributed by atoms with E-state index in [2.05, 4.69) is 10.1 Å². The van der Waals surface area contributed by atoms with Crippen molar-refractivity contribution in [3.05, 3.63) is 52.3 Å². The number of carbonyl (C=O) groups excluding carboxylic acids is 1. The summed E-state index contributed by atoms with van der Waals surface area (Å²) in [7, 11) is 0. The molecule has 0 aliphatic rings. The van der Waals surface area contributed by atoms with Crippen molar-refractivity contribution in [2.75, 3.05) is 0 Å². The highest BCUT2D eigenvalue weighted by molar-refractivity contribution is 6.30. The first-order valence-corrected chi connectivity index (χ1v) is 7.61. The summed E-state index contributed by atoms with van der Waals surface area (Å²) in [5, 5.41) is 4.49. The van der Waals surface area contributed by atoms with Gasteiger partial charge in [-0.05, 0) is 32.4 Å². The molecule has 3 aromatic heterocycles. The number of pyridine rings is 1. The van der Waals surface area contributed by atoms with E-state index in [1.54, 1.807) is 22.9 Å². The molecule has 3 rings (SSSR count). The Labute approximate surface area is 138 Å². The zero-order valence-electron chi connectivity index (χ0n) is 12.9. The standard InChI is InChI=1S/C16H16ClN3O3/c1-10-14(11(2)23-19-10)4-6-16(21)22-9-13-8-20-7-12(17)3-5-15(20)18-13/h3,5,7-8H,4,6,9H2,1-2H3. The Bertz CT molecular complexity index is 834. The summed E-state index contributed by atoms with van der Waals surface area (Å²) < 4.78 is 12.1. The van der Waals surface area contributed by atoms with E-state index >= 15 is 0 Å². The van der Waals surface area contributed by atoms with Gasteiger partial charge in [-0.15, -0.1) is 0 Å². The molecule has 0 bridgehead atoms. The molecule has 0 radical (unpaired) electrons. The van der Waals surface area contributed by atoms with Crippen LogP contribution in [0.4, 0.5) is 0 Å². The van der Waals surface area contributed by atoms with Crippen molar-refractivity contribution in [3.63, 3.8) is 0 Å². The van der Waals surface area contributed by atoms with Crippen molar-refractivity contribution in [2.24, 2.45) is 0 Å². The lowest BCUT2D eigenvalue weighted by atomic mass is 10.1. The molecule has 3 aromatic rings. The summed E-state index contributed by atoms with van der Waals surface area (Å²) in [4.78, 5) is 16.2. The lowest BCUT2D eigenvalue weighted by molar-refractivity contribution is -0.145. The predicted octanol–water partition coefficient (Wildman–Crippen LogP) is 3.27. The van der Waals surface area contributed by atoms with Crippen LogP contribution in [0.25, 0.3) is 5.65 Å². The lowest BCUT2D eigenvalue weighted by Gasteiger charge is -2.02. The molecule has 0 aliphatic heterocycles. The highest BCUT2D eigenvalue weighted by atomic mass is 35.5. The monoisotopic (exact) mass is 333 g/mol. The molecule has 0 amide bonds. The highest BCUT2D eigenvalue weighted by Gasteiger charge is 2.12. The van der Waals surface area contributed by atoms with Crippen molar-refractivity contribution in [2.45, 2.75) is 33.3 Å². The minimum absolute atomic E-state index is 0.139. The van der Waals surface area contributed by atoms with E-state index in [0.29, 0.717) is 17.1 Å². The zero-order chi connectivity index (χ0) is 16.4. The van der Waals surface area contributed by atoms with Gasteiger partial charge in [-0.25, -0.2) is 4.98 Å². The Morgan fingerprint density at radius 1 is 1.35 bits per heavy atom. The minimum atomic E-state index is -0.278. The molecular weight excluding hydrogens is 318 g/mol. The number of carbonyl (C=O) groups is 1. The van der Waals surface area contributed by atoms with Crippen LogP contribution in [0.3, 0.4) is 0 Å². The molecule has 0 saturated heterocycles. The third-order valence-corrected chi connectivity index (χ3v) is 3.83. The van der Waals surface area contributed by atoms with Crippen LogP contribution in [0, 0.1) is 13.8 Å². The minimum Gasteiger partial charge on any atom is -0.459 e. The molecule has 0 aliphatic carbocycles. The van der Waals surface area contributed by atoms with Gasteiger partial charge >= 0.3 is 5.97 Å². The zero-order valence-corrected chi connectivity index (χ0v) is 13.6. The fraction of sp³-hybridized carbons (Fsp3) is 0.312. The Morgan fingerprint density at radius 2 is 2.17 bits per heavy atom. The first kappa shape index (κ1) is 15.6. The van der Waals surface area contributed by atoms with E-state index in [4.69, 9.17) is 20.9 Å². The summed E-state index contributed by atoms with van der Waals surface area (Å²) in [6.45, 7) is 3.83. The SMILES string of the molecule is Cc1noc(C)c1CCC(=O)OCc1cn2cc(Cl)ccc2n1. The van der Waals surface area contributed by atoms with Crippen molar-refractivity contribution in [1.29, 1.82) is 0 Å². The maximum Gasteiger partial charge on any atom is 0.306 e. The third kappa shape index (κ3) is 3.53. The van der Waals surface area contributed by atoms with Gasteiger partial charge in [0.2, 0.25) is 0 Å². The summed E-state index contributed by atoms with van der Waals surface area (Å²) in [5.74, 6) is 0.465. The molecule has 0 saturated carbocycles. The van der Waals surface area contributed by atoms with Gasteiger partial charge in [0, 0.05) is 24.4 Å². The molecule has 0 spiro atoms. The Hall–Kier alpha value is -2.34. The number of nitrogens with zero attached hydrogens (tertiary/aromatic N) is 3. The fourth-order valence-corrected chi connectivity index (χ4v) is 2.57. The number of imidazole rings is 1. The average Bonchev–Trinajstić information content (AvgIpc) is 3.06. The molecule has 23 heavy (non-hydrogen) atoms. The van der Waals surface area contributed by atoms with Gasteiger partial charge in [0.25, 0.3) is 0 Å². The van der Waals surface area contributed by atoms with Gasteiger partial charge in [0.1, 0.15) is 18.0 Å². The molecule has 7 heteroatoms. The molecule has 0 fully saturated rings. The highest BCUT2D eigenvalue weighted by Crippen LogP contribution is 2.15. The number of rotatable bonds is 5. The van der Waals surface area contributed by atoms with Crippen LogP contribution in [0.5, 0.6) is 0 Å². The largest absolute Gasteiger partial charge is 0.459 e. The molecule has 6 nitrogen and oxygen atoms in total. The normalized spacial score (nSPS) is 11.1. The van der Waals surface area contributed by atoms with E-state index in [1.807, 2.05) is 19.9 Å². The molecular formula is C16H16ClN3O3. The lowest BCUT2D eigenvalue weighted by Crippen LogP contribution is -2.06. The van der Waals surface area contributed by atoms with Crippen LogP contribution < -0.4 is 0 Å². The number of aryl methyl sites for hydroxylation is 2. The Kier molecular flexibility index (Phi) is 4.34. The smallest absolute Gasteiger partial charge is 0.306 e. The second-order valence-electron chi connectivity index (χ2n) is 5.31. The fourth-order valence-electron chi connectivity index (χ4n) is 2.40. The predicted molar refractivity (Wildman–Crippen MR) is 84.3 cm³/mol. The number of esters is 1. The summed E-state index contributed by atoms with van der Waals surface area (Å²) >= 11 is 5.92. The van der Waals surface area contributed by atoms with Gasteiger partial charge in [0.15, 0.2) is 0 Å². The van der Waals surface area contributed by atoms with Crippen LogP contribution in [-0.2, 0) is 22.6 Å². The van der Waals surface area contributed by atoms with E-state index in [1.165, 1.54) is 0 Å². The number of halogens is 1. The molecule has 0 atom stereocenters. The molecule has 0 unspecified atom stereocenters. The van der Waals surface area contributed by atoms with Gasteiger partial charge in [-0.3, -0.25) is 4.79 Å². The van der Waals surface area contributed by atoms with Crippen molar-refractivity contribution < 1.29 is 14.1 Å². The number of hydrogen-bond donors (Lipinski definition) is 0. The van der Waals surface area contributed by atoms with Crippen molar-refractivity contribution in [1.82, 2.24) is 14.5 Å². The van der Waals surface area contributed by atoms with Crippen LogP contribution in [0.15, 0.2) is 29.0 Å². The van der Waals surface area contributed by atoms with Crippen molar-refractivity contribution >= 4 is 23.2 Å². The second-order valence-corrected chi connectivity index (χ2v) is 5.74. The number of hydrogen-bond acceptors (Lipinski definition) is 5. The van der Waals surface area contributed by atoms with Gasteiger partial charge in [-0.2, -0.15) is 0 Å². The van der Waals surface area contributed by atoms with Crippen LogP contribution >= 0.6 is 11.6 Å². The number of ether oxygens (including phenoxy) is 1. The second kappa shape index (κ2) is 6.42. The Morgan fingerprint density at radius 3 is 2.91 bits per heavy atom. The first-order valence-electron chi connectivity index (χ1n) is 7.23. The topological polar surface area (TPSA) is 69.6 Å². The van der Waals surface area contributed by atoms with E-state index < -0.39 is 0 Å². The summed E-state index contributed by atoms with van der Waals surface area (Å²) in [6.07, 6.45) is 4.39. The number of fused-ring (bicyclic) bond motifs is 1. The van der Waals surface area contributed by atoms with Gasteiger partial charge in [-0.1, -0.05) is 16.8 Å². The number of aromatic nitrogens is 3. The van der Waals surface area contributed by atoms with Gasteiger partial charge < -0.3 is 13.7 Å². The van der Waals surface area contributed by atoms with Crippen LogP contribution in [0.2, 0.25) is 5.02 Å². The maximum atomic E-state index is 11.9. The first-order chi connectivity index (χ1) is 11.0. The quantitative estimate of drug-likeness (QED) is 0.670. The molecule has 0 aromatic carbocycles. The maximum absolute atomic E-state index is 11.9. The Balaban J connectivity index is 1.55. The van der Waals surface area contributed by atoms with E-state index in [0.717, 1.165) is 22.7 Å². The van der Waals surface area contributed by atoms with Crippen LogP contribution in [0.1, 0.15) is 29.1 Å². The van der Waals surface area contributed by atoms with E-state index in [9.17, 15) is 4.79 Å². The average molecular weight is 334 g/mol. The molecule has 120 valence electrons. The molecule has 3 heterocycles. The molecule has 0 N–H and O–H groups in total. The van der Waals surface area contributed by atoms with Crippen molar-refractivity contribution in [3.8, 4) is 0 Å². The van der Waals surface area contributed by atoms with Gasteiger partial charge in [0.05, 0.1) is 16.4 Å². The third-order valence-electron chi connectivity index (χ3n) is 3.61. The summed E-state index contributed by atoms with van der Waals surface area (Å²) in [5.41, 5.74) is 3.21. The van der Waals surface area contributed by atoms with Crippen LogP contribution in [-0.4, -0.2) is 20.5 Å². The van der Waals surface area contributed by atoms with E-state index in [-0.39, 0.29) is 19.0 Å².